The van der Waals surface area contributed by atoms with Gasteiger partial charge in [0.25, 0.3) is 10.0 Å². The van der Waals surface area contributed by atoms with Crippen LogP contribution in [0, 0.1) is 23.5 Å². The van der Waals surface area contributed by atoms with Crippen molar-refractivity contribution in [2.45, 2.75) is 11.3 Å². The number of pyridine rings is 1. The number of fused-ring (bicyclic) bond motifs is 2. The van der Waals surface area contributed by atoms with Crippen LogP contribution in [0.1, 0.15) is 16.7 Å². The summed E-state index contributed by atoms with van der Waals surface area (Å²) in [5.74, 6) is 3.13. The Morgan fingerprint density at radius 2 is 2.00 bits per heavy atom. The van der Waals surface area contributed by atoms with E-state index in [9.17, 15) is 12.8 Å². The van der Waals surface area contributed by atoms with Gasteiger partial charge in [-0.05, 0) is 30.3 Å². The molecule has 1 aliphatic rings. The van der Waals surface area contributed by atoms with E-state index in [1.165, 1.54) is 12.3 Å². The van der Waals surface area contributed by atoms with E-state index in [0.29, 0.717) is 35.2 Å². The zero-order valence-electron chi connectivity index (χ0n) is 16.6. The lowest BCUT2D eigenvalue weighted by Crippen LogP contribution is -2.15. The lowest BCUT2D eigenvalue weighted by atomic mass is 10.1. The molecule has 0 saturated heterocycles. The van der Waals surface area contributed by atoms with E-state index in [1.807, 2.05) is 0 Å². The number of rotatable bonds is 3. The molecule has 11 heteroatoms. The molecule has 166 valence electrons. The fraction of sp³-hybridized carbons (Fsp3) is 0.0909. The minimum Gasteiger partial charge on any atom is -0.492 e. The summed E-state index contributed by atoms with van der Waals surface area (Å²) in [7, 11) is -4.29. The zero-order valence-corrected chi connectivity index (χ0v) is 18.2. The Hall–Kier alpha value is -3.68. The van der Waals surface area contributed by atoms with E-state index in [4.69, 9.17) is 16.3 Å². The SMILES string of the molecule is O=S(=O)(Nc1ccc(F)c(C#Cc2cnc3[nH]ncc3c2)c1F)c1cc(Cl)cc2c1OCC2. The van der Waals surface area contributed by atoms with Gasteiger partial charge in [0.15, 0.2) is 11.5 Å². The molecule has 7 nitrogen and oxygen atoms in total. The number of aromatic amines is 1. The first-order valence-corrected chi connectivity index (χ1v) is 11.4. The number of ether oxygens (including phenoxy) is 1. The molecule has 0 fully saturated rings. The van der Waals surface area contributed by atoms with E-state index in [1.54, 1.807) is 18.3 Å². The summed E-state index contributed by atoms with van der Waals surface area (Å²) in [5, 5.41) is 7.42. The molecule has 0 spiro atoms. The summed E-state index contributed by atoms with van der Waals surface area (Å²) in [6.45, 7) is 0.308. The second kappa shape index (κ2) is 8.03. The van der Waals surface area contributed by atoms with Crippen molar-refractivity contribution in [2.24, 2.45) is 0 Å². The Morgan fingerprint density at radius 3 is 2.85 bits per heavy atom. The minimum atomic E-state index is -4.29. The lowest BCUT2D eigenvalue weighted by molar-refractivity contribution is 0.348. The standard InChI is InChI=1S/C22H13ClF2N4O3S/c23-15-8-13-5-6-32-21(13)19(9-15)33(30,31)29-18-4-3-17(24)16(20(18)25)2-1-12-7-14-11-27-28-22(14)26-10-12/h3-4,7-11,29H,5-6H2,(H,26,27,28). The lowest BCUT2D eigenvalue weighted by Gasteiger charge is -2.13. The third-order valence-electron chi connectivity index (χ3n) is 4.96. The normalized spacial score (nSPS) is 12.7. The molecule has 0 amide bonds. The maximum atomic E-state index is 15.1. The van der Waals surface area contributed by atoms with E-state index < -0.39 is 32.9 Å². The molecule has 0 radical (unpaired) electrons. The number of sulfonamides is 1. The summed E-state index contributed by atoms with van der Waals surface area (Å²) >= 11 is 6.04. The third kappa shape index (κ3) is 3.97. The van der Waals surface area contributed by atoms with E-state index >= 15 is 4.39 Å². The summed E-state index contributed by atoms with van der Waals surface area (Å²) < 4.78 is 62.9. The van der Waals surface area contributed by atoms with Crippen LogP contribution in [0.25, 0.3) is 11.0 Å². The molecule has 0 aliphatic carbocycles. The van der Waals surface area contributed by atoms with E-state index in [2.05, 4.69) is 31.7 Å². The predicted octanol–water partition coefficient (Wildman–Crippen LogP) is 4.03. The van der Waals surface area contributed by atoms with Crippen LogP contribution in [0.3, 0.4) is 0 Å². The Labute approximate surface area is 191 Å². The highest BCUT2D eigenvalue weighted by molar-refractivity contribution is 7.92. The molecular weight excluding hydrogens is 474 g/mol. The Kier molecular flexibility index (Phi) is 5.15. The fourth-order valence-electron chi connectivity index (χ4n) is 3.42. The van der Waals surface area contributed by atoms with Gasteiger partial charge in [-0.3, -0.25) is 9.82 Å². The summed E-state index contributed by atoms with van der Waals surface area (Å²) in [6.07, 6.45) is 3.47. The molecule has 33 heavy (non-hydrogen) atoms. The number of aromatic nitrogens is 3. The number of nitrogens with one attached hydrogen (secondary N) is 2. The van der Waals surface area contributed by atoms with Gasteiger partial charge in [-0.2, -0.15) is 5.10 Å². The molecule has 0 saturated carbocycles. The maximum absolute atomic E-state index is 15.1. The average molecular weight is 487 g/mol. The number of benzene rings is 2. The largest absolute Gasteiger partial charge is 0.492 e. The van der Waals surface area contributed by atoms with Crippen LogP contribution >= 0.6 is 11.6 Å². The highest BCUT2D eigenvalue weighted by Crippen LogP contribution is 2.37. The minimum absolute atomic E-state index is 0.163. The summed E-state index contributed by atoms with van der Waals surface area (Å²) in [6, 6.07) is 6.40. The number of nitrogens with zero attached hydrogens (tertiary/aromatic N) is 2. The topological polar surface area (TPSA) is 97.0 Å². The first-order chi connectivity index (χ1) is 15.8. The van der Waals surface area contributed by atoms with Crippen molar-refractivity contribution < 1.29 is 21.9 Å². The monoisotopic (exact) mass is 486 g/mol. The van der Waals surface area contributed by atoms with Gasteiger partial charge in [-0.15, -0.1) is 0 Å². The van der Waals surface area contributed by atoms with Gasteiger partial charge in [0.05, 0.1) is 24.1 Å². The average Bonchev–Trinajstić information content (AvgIpc) is 3.43. The van der Waals surface area contributed by atoms with Gasteiger partial charge in [-0.1, -0.05) is 23.4 Å². The number of H-pyrrole nitrogens is 1. The summed E-state index contributed by atoms with van der Waals surface area (Å²) in [4.78, 5) is 3.89. The van der Waals surface area contributed by atoms with Crippen molar-refractivity contribution in [3.05, 3.63) is 76.1 Å². The molecule has 2 N–H and O–H groups in total. The first kappa shape index (κ1) is 21.2. The van der Waals surface area contributed by atoms with Crippen molar-refractivity contribution in [1.29, 1.82) is 0 Å². The van der Waals surface area contributed by atoms with Crippen molar-refractivity contribution in [2.75, 3.05) is 11.3 Å². The van der Waals surface area contributed by atoms with E-state index in [-0.39, 0.29) is 15.7 Å². The maximum Gasteiger partial charge on any atom is 0.265 e. The van der Waals surface area contributed by atoms with Gasteiger partial charge >= 0.3 is 0 Å². The Bertz CT molecular complexity index is 1590. The Morgan fingerprint density at radius 1 is 1.15 bits per heavy atom. The first-order valence-electron chi connectivity index (χ1n) is 9.59. The van der Waals surface area contributed by atoms with Crippen LogP contribution in [0.5, 0.6) is 5.75 Å². The van der Waals surface area contributed by atoms with Crippen LogP contribution in [-0.4, -0.2) is 30.2 Å². The molecule has 1 aliphatic heterocycles. The fourth-order valence-corrected chi connectivity index (χ4v) is 5.00. The van der Waals surface area contributed by atoms with E-state index in [0.717, 1.165) is 12.1 Å². The van der Waals surface area contributed by atoms with Crippen LogP contribution in [0.2, 0.25) is 5.02 Å². The van der Waals surface area contributed by atoms with Gasteiger partial charge < -0.3 is 4.74 Å². The zero-order chi connectivity index (χ0) is 23.2. The molecule has 0 bridgehead atoms. The molecule has 0 atom stereocenters. The van der Waals surface area contributed by atoms with Crippen molar-refractivity contribution in [3.8, 4) is 17.6 Å². The summed E-state index contributed by atoms with van der Waals surface area (Å²) in [5.41, 5.74) is 0.536. The third-order valence-corrected chi connectivity index (χ3v) is 6.55. The predicted molar refractivity (Wildman–Crippen MR) is 118 cm³/mol. The van der Waals surface area contributed by atoms with Crippen LogP contribution in [-0.2, 0) is 16.4 Å². The van der Waals surface area contributed by atoms with Crippen molar-refractivity contribution in [1.82, 2.24) is 15.2 Å². The number of hydrogen-bond acceptors (Lipinski definition) is 5. The van der Waals surface area contributed by atoms with Crippen LogP contribution < -0.4 is 9.46 Å². The highest BCUT2D eigenvalue weighted by atomic mass is 35.5. The molecule has 2 aromatic carbocycles. The van der Waals surface area contributed by atoms with Crippen molar-refractivity contribution in [3.63, 3.8) is 0 Å². The highest BCUT2D eigenvalue weighted by Gasteiger charge is 2.28. The smallest absolute Gasteiger partial charge is 0.265 e. The number of anilines is 1. The number of hydrogen-bond donors (Lipinski definition) is 2. The molecular formula is C22H13ClF2N4O3S. The quantitative estimate of drug-likeness (QED) is 0.426. The van der Waals surface area contributed by atoms with Crippen molar-refractivity contribution >= 4 is 38.3 Å². The van der Waals surface area contributed by atoms with Gasteiger partial charge in [0, 0.05) is 34.2 Å². The molecule has 3 heterocycles. The second-order valence-corrected chi connectivity index (χ2v) is 9.25. The molecule has 5 rings (SSSR count). The Balaban J connectivity index is 1.51. The van der Waals surface area contributed by atoms with Crippen LogP contribution in [0.15, 0.2) is 47.6 Å². The second-order valence-electron chi connectivity index (χ2n) is 7.16. The molecule has 4 aromatic rings. The van der Waals surface area contributed by atoms with Crippen LogP contribution in [0.4, 0.5) is 14.5 Å². The van der Waals surface area contributed by atoms with Gasteiger partial charge in [-0.25, -0.2) is 22.2 Å². The molecule has 2 aromatic heterocycles. The van der Waals surface area contributed by atoms with Gasteiger partial charge in [0.2, 0.25) is 0 Å². The molecule has 0 unspecified atom stereocenters. The van der Waals surface area contributed by atoms with Gasteiger partial charge in [0.1, 0.15) is 16.5 Å². The number of halogens is 3.